The van der Waals surface area contributed by atoms with Crippen molar-refractivity contribution in [3.05, 3.63) is 0 Å². The van der Waals surface area contributed by atoms with Gasteiger partial charge in [0.15, 0.2) is 6.10 Å². The van der Waals surface area contributed by atoms with Crippen LogP contribution < -0.4 is 0 Å². The molecule has 0 aromatic rings. The summed E-state index contributed by atoms with van der Waals surface area (Å²) in [7, 11) is 0. The van der Waals surface area contributed by atoms with Gasteiger partial charge in [0.25, 0.3) is 0 Å². The Labute approximate surface area is 387 Å². The first-order chi connectivity index (χ1) is 30.4. The quantitative estimate of drug-likeness (QED) is 0.0344. The maximum absolute atomic E-state index is 12.8. The van der Waals surface area contributed by atoms with Crippen molar-refractivity contribution in [2.24, 2.45) is 5.92 Å². The van der Waals surface area contributed by atoms with E-state index in [0.29, 0.717) is 19.3 Å². The Kier molecular flexibility index (Phi) is 49.1. The molecule has 6 nitrogen and oxygen atoms in total. The van der Waals surface area contributed by atoms with Gasteiger partial charge in [0, 0.05) is 19.3 Å². The van der Waals surface area contributed by atoms with Gasteiger partial charge >= 0.3 is 17.9 Å². The molecule has 368 valence electrons. The predicted octanol–water partition coefficient (Wildman–Crippen LogP) is 18.2. The zero-order valence-electron chi connectivity index (χ0n) is 42.3. The molecule has 0 rings (SSSR count). The predicted molar refractivity (Wildman–Crippen MR) is 266 cm³/mol. The highest BCUT2D eigenvalue weighted by atomic mass is 16.6. The molecule has 0 radical (unpaired) electrons. The molecular formula is C56H108O6. The minimum atomic E-state index is -0.760. The molecule has 0 aliphatic carbocycles. The minimum absolute atomic E-state index is 0.0622. The van der Waals surface area contributed by atoms with Gasteiger partial charge in [0.1, 0.15) is 13.2 Å². The lowest BCUT2D eigenvalue weighted by molar-refractivity contribution is -0.167. The van der Waals surface area contributed by atoms with Gasteiger partial charge in [-0.25, -0.2) is 0 Å². The Hall–Kier alpha value is -1.59. The molecule has 62 heavy (non-hydrogen) atoms. The van der Waals surface area contributed by atoms with E-state index in [4.69, 9.17) is 14.2 Å². The Morgan fingerprint density at radius 3 is 0.790 bits per heavy atom. The zero-order chi connectivity index (χ0) is 45.2. The second-order valence-electron chi connectivity index (χ2n) is 19.7. The molecular weight excluding hydrogens is 769 g/mol. The molecule has 6 heteroatoms. The molecule has 0 saturated carbocycles. The number of carbonyl (C=O) groups excluding carboxylic acids is 3. The first-order valence-corrected chi connectivity index (χ1v) is 27.9. The maximum atomic E-state index is 12.8. The average Bonchev–Trinajstić information content (AvgIpc) is 3.26. The summed E-state index contributed by atoms with van der Waals surface area (Å²) in [6, 6.07) is 0. The van der Waals surface area contributed by atoms with Crippen LogP contribution in [-0.4, -0.2) is 37.2 Å². The van der Waals surface area contributed by atoms with Gasteiger partial charge < -0.3 is 14.2 Å². The van der Waals surface area contributed by atoms with Crippen molar-refractivity contribution in [3.63, 3.8) is 0 Å². The van der Waals surface area contributed by atoms with E-state index in [1.165, 1.54) is 212 Å². The van der Waals surface area contributed by atoms with E-state index in [-0.39, 0.29) is 31.1 Å². The summed E-state index contributed by atoms with van der Waals surface area (Å²) in [6.07, 6.45) is 53.8. The molecule has 0 aromatic heterocycles. The van der Waals surface area contributed by atoms with Gasteiger partial charge in [0.05, 0.1) is 0 Å². The van der Waals surface area contributed by atoms with Gasteiger partial charge in [-0.2, -0.15) is 0 Å². The second-order valence-corrected chi connectivity index (χ2v) is 19.7. The van der Waals surface area contributed by atoms with E-state index in [9.17, 15) is 14.4 Å². The summed E-state index contributed by atoms with van der Waals surface area (Å²) >= 11 is 0. The Morgan fingerprint density at radius 2 is 0.532 bits per heavy atom. The smallest absolute Gasteiger partial charge is 0.306 e. The van der Waals surface area contributed by atoms with Crippen LogP contribution in [0, 0.1) is 5.92 Å². The maximum Gasteiger partial charge on any atom is 0.306 e. The van der Waals surface area contributed by atoms with E-state index >= 15 is 0 Å². The van der Waals surface area contributed by atoms with Crippen LogP contribution in [0.5, 0.6) is 0 Å². The Balaban J connectivity index is 4.22. The zero-order valence-corrected chi connectivity index (χ0v) is 42.3. The highest BCUT2D eigenvalue weighted by Gasteiger charge is 2.19. The molecule has 1 atom stereocenters. The summed E-state index contributed by atoms with van der Waals surface area (Å²) in [5.41, 5.74) is 0. The van der Waals surface area contributed by atoms with Gasteiger partial charge in [-0.05, 0) is 25.2 Å². The van der Waals surface area contributed by atoms with Crippen molar-refractivity contribution in [2.75, 3.05) is 13.2 Å². The lowest BCUT2D eigenvalue weighted by Gasteiger charge is -2.18. The molecule has 0 spiro atoms. The fraction of sp³-hybridized carbons (Fsp3) is 0.946. The first kappa shape index (κ1) is 60.4. The third-order valence-corrected chi connectivity index (χ3v) is 12.8. The molecule has 0 heterocycles. The number of esters is 3. The summed E-state index contributed by atoms with van der Waals surface area (Å²) in [5.74, 6) is 0.0108. The van der Waals surface area contributed by atoms with Crippen LogP contribution in [0.15, 0.2) is 0 Å². The van der Waals surface area contributed by atoms with Crippen LogP contribution in [0.2, 0.25) is 0 Å². The molecule has 0 amide bonds. The normalized spacial score (nSPS) is 12.0. The summed E-state index contributed by atoms with van der Waals surface area (Å²) in [6.45, 7) is 9.04. The highest BCUT2D eigenvalue weighted by molar-refractivity contribution is 5.71. The van der Waals surface area contributed by atoms with Crippen molar-refractivity contribution < 1.29 is 28.6 Å². The lowest BCUT2D eigenvalue weighted by atomic mass is 10.0. The van der Waals surface area contributed by atoms with E-state index in [2.05, 4.69) is 27.7 Å². The Morgan fingerprint density at radius 1 is 0.306 bits per heavy atom. The lowest BCUT2D eigenvalue weighted by Crippen LogP contribution is -2.30. The molecule has 0 saturated heterocycles. The topological polar surface area (TPSA) is 78.9 Å². The van der Waals surface area contributed by atoms with Crippen molar-refractivity contribution in [2.45, 2.75) is 323 Å². The first-order valence-electron chi connectivity index (χ1n) is 27.9. The van der Waals surface area contributed by atoms with E-state index in [1.54, 1.807) is 0 Å². The largest absolute Gasteiger partial charge is 0.462 e. The van der Waals surface area contributed by atoms with Gasteiger partial charge in [-0.3, -0.25) is 14.4 Å². The van der Waals surface area contributed by atoms with Crippen LogP contribution in [0.4, 0.5) is 0 Å². The van der Waals surface area contributed by atoms with Crippen LogP contribution in [0.3, 0.4) is 0 Å². The molecule has 0 unspecified atom stereocenters. The van der Waals surface area contributed by atoms with Crippen molar-refractivity contribution in [1.29, 1.82) is 0 Å². The van der Waals surface area contributed by atoms with Crippen LogP contribution in [0.1, 0.15) is 317 Å². The number of unbranched alkanes of at least 4 members (excludes halogenated alkanes) is 38. The minimum Gasteiger partial charge on any atom is -0.462 e. The standard InChI is InChI=1S/C56H108O6/c1-5-7-9-11-13-15-16-17-18-22-25-28-32-36-40-44-48-55(58)61-51-53(50-60-54(57)47-43-39-35-30-14-12-10-8-6-2)62-56(59)49-45-41-37-33-29-26-23-20-19-21-24-27-31-34-38-42-46-52(3)4/h52-53H,5-51H2,1-4H3/t53-/m1/s1. The SMILES string of the molecule is CCCCCCCCCCCCCCCCCCC(=O)OC[C@@H](COC(=O)CCCCCCCCCCC)OC(=O)CCCCCCCCCCCCCCCCCCC(C)C. The van der Waals surface area contributed by atoms with Crippen molar-refractivity contribution in [3.8, 4) is 0 Å². The third-order valence-electron chi connectivity index (χ3n) is 12.8. The number of ether oxygens (including phenoxy) is 3. The van der Waals surface area contributed by atoms with E-state index < -0.39 is 6.10 Å². The van der Waals surface area contributed by atoms with Gasteiger partial charge in [-0.15, -0.1) is 0 Å². The third kappa shape index (κ3) is 49.4. The summed E-state index contributed by atoms with van der Waals surface area (Å²) in [4.78, 5) is 38.0. The Bertz CT molecular complexity index is 933. The van der Waals surface area contributed by atoms with Crippen LogP contribution >= 0.6 is 0 Å². The van der Waals surface area contributed by atoms with Gasteiger partial charge in [-0.1, -0.05) is 278 Å². The number of hydrogen-bond acceptors (Lipinski definition) is 6. The second kappa shape index (κ2) is 50.4. The fourth-order valence-electron chi connectivity index (χ4n) is 8.57. The average molecular weight is 877 g/mol. The fourth-order valence-corrected chi connectivity index (χ4v) is 8.57. The number of carbonyl (C=O) groups is 3. The van der Waals surface area contributed by atoms with Crippen LogP contribution in [0.25, 0.3) is 0 Å². The van der Waals surface area contributed by atoms with Crippen LogP contribution in [-0.2, 0) is 28.6 Å². The highest BCUT2D eigenvalue weighted by Crippen LogP contribution is 2.18. The monoisotopic (exact) mass is 877 g/mol. The van der Waals surface area contributed by atoms with Gasteiger partial charge in [0.2, 0.25) is 0 Å². The van der Waals surface area contributed by atoms with E-state index in [1.807, 2.05) is 0 Å². The number of hydrogen-bond donors (Lipinski definition) is 0. The molecule has 0 aliphatic heterocycles. The molecule has 0 aromatic carbocycles. The molecule has 0 N–H and O–H groups in total. The van der Waals surface area contributed by atoms with E-state index in [0.717, 1.165) is 63.7 Å². The number of rotatable bonds is 51. The van der Waals surface area contributed by atoms with Crippen molar-refractivity contribution >= 4 is 17.9 Å². The molecule has 0 bridgehead atoms. The van der Waals surface area contributed by atoms with Crippen molar-refractivity contribution in [1.82, 2.24) is 0 Å². The summed E-state index contributed by atoms with van der Waals surface area (Å²) < 4.78 is 16.8. The molecule has 0 aliphatic rings. The molecule has 0 fully saturated rings. The summed E-state index contributed by atoms with van der Waals surface area (Å²) in [5, 5.41) is 0.